The fourth-order valence-corrected chi connectivity index (χ4v) is 2.86. The van der Waals surface area contributed by atoms with E-state index in [2.05, 4.69) is 0 Å². The zero-order chi connectivity index (χ0) is 25.2. The molecule has 0 fully saturated rings. The average Bonchev–Trinajstić information content (AvgIpc) is 2.75. The molecular formula is C22H11F6N3O3. The number of rotatable bonds is 5. The lowest BCUT2D eigenvalue weighted by molar-refractivity contribution is -0.140. The summed E-state index contributed by atoms with van der Waals surface area (Å²) in [6, 6.07) is 7.68. The molecule has 3 aromatic rings. The highest BCUT2D eigenvalue weighted by atomic mass is 19.4. The van der Waals surface area contributed by atoms with Crippen molar-refractivity contribution < 1.29 is 40.7 Å². The molecule has 6 nitrogen and oxygen atoms in total. The van der Waals surface area contributed by atoms with E-state index in [4.69, 9.17) is 15.7 Å². The Morgan fingerprint density at radius 2 is 1.65 bits per heavy atom. The van der Waals surface area contributed by atoms with Crippen LogP contribution in [0.5, 0.6) is 11.5 Å². The Hall–Kier alpha value is -4.53. The van der Waals surface area contributed by atoms with E-state index in [1.165, 1.54) is 0 Å². The van der Waals surface area contributed by atoms with E-state index in [0.29, 0.717) is 12.1 Å². The Morgan fingerprint density at radius 3 is 2.26 bits per heavy atom. The van der Waals surface area contributed by atoms with Crippen molar-refractivity contribution in [3.63, 3.8) is 0 Å². The van der Waals surface area contributed by atoms with Crippen LogP contribution in [0.3, 0.4) is 0 Å². The van der Waals surface area contributed by atoms with Crippen molar-refractivity contribution in [2.75, 3.05) is 5.32 Å². The number of alkyl halides is 3. The largest absolute Gasteiger partial charge is 0.455 e. The lowest BCUT2D eigenvalue weighted by atomic mass is 10.1. The maximum Gasteiger partial charge on any atom is 0.419 e. The van der Waals surface area contributed by atoms with Crippen molar-refractivity contribution in [3.8, 4) is 17.6 Å². The summed E-state index contributed by atoms with van der Waals surface area (Å²) in [6.45, 7) is 0. The molecule has 3 N–H and O–H groups in total. The van der Waals surface area contributed by atoms with Gasteiger partial charge < -0.3 is 15.8 Å². The van der Waals surface area contributed by atoms with Gasteiger partial charge in [-0.25, -0.2) is 13.2 Å². The summed E-state index contributed by atoms with van der Waals surface area (Å²) in [5, 5.41) is 11.2. The molecule has 0 saturated heterocycles. The molecular weight excluding hydrogens is 468 g/mol. The molecule has 34 heavy (non-hydrogen) atoms. The molecule has 0 spiro atoms. The second kappa shape index (κ2) is 9.14. The number of hydrogen-bond acceptors (Lipinski definition) is 4. The molecule has 0 atom stereocenters. The molecule has 3 aromatic carbocycles. The van der Waals surface area contributed by atoms with Gasteiger partial charge in [-0.15, -0.1) is 0 Å². The summed E-state index contributed by atoms with van der Waals surface area (Å²) < 4.78 is 86.9. The number of primary amides is 1. The minimum absolute atomic E-state index is 0.289. The summed E-state index contributed by atoms with van der Waals surface area (Å²) in [5.41, 5.74) is 0.707. The molecule has 174 valence electrons. The number of amides is 2. The van der Waals surface area contributed by atoms with Crippen LogP contribution in [0.25, 0.3) is 0 Å². The zero-order valence-corrected chi connectivity index (χ0v) is 16.6. The van der Waals surface area contributed by atoms with E-state index in [1.54, 1.807) is 6.07 Å². The molecule has 0 saturated carbocycles. The first-order chi connectivity index (χ1) is 15.9. The van der Waals surface area contributed by atoms with Gasteiger partial charge in [0.05, 0.1) is 16.7 Å². The number of nitriles is 1. The predicted octanol–water partition coefficient (Wildman–Crippen LogP) is 5.14. The number of nitrogens with zero attached hydrogens (tertiary/aromatic N) is 1. The smallest absolute Gasteiger partial charge is 0.419 e. The third-order valence-electron chi connectivity index (χ3n) is 4.41. The molecule has 0 radical (unpaired) electrons. The van der Waals surface area contributed by atoms with Crippen molar-refractivity contribution >= 4 is 17.5 Å². The third kappa shape index (κ3) is 4.93. The standard InChI is InChI=1S/C22H11F6N3O3/c23-11-1-5-16(10(7-11)9-29)34-17-6-3-14(22(26,27)28)19(25)18(17)21(33)31-12-2-4-15(24)13(8-12)20(30)32/h1-8H,(H2,30,32)(H,31,33). The van der Waals surface area contributed by atoms with Gasteiger partial charge >= 0.3 is 6.18 Å². The fourth-order valence-electron chi connectivity index (χ4n) is 2.86. The first kappa shape index (κ1) is 24.1. The van der Waals surface area contributed by atoms with Crippen molar-refractivity contribution in [3.05, 3.63) is 88.2 Å². The highest BCUT2D eigenvalue weighted by Gasteiger charge is 2.37. The molecule has 0 aliphatic rings. The number of benzene rings is 3. The van der Waals surface area contributed by atoms with Crippen LogP contribution in [0, 0.1) is 28.8 Å². The number of ether oxygens (including phenoxy) is 1. The summed E-state index contributed by atoms with van der Waals surface area (Å²) in [5.74, 6) is -7.59. The van der Waals surface area contributed by atoms with Crippen LogP contribution in [0.1, 0.15) is 31.8 Å². The predicted molar refractivity (Wildman–Crippen MR) is 105 cm³/mol. The SMILES string of the molecule is N#Cc1cc(F)ccc1Oc1ccc(C(F)(F)F)c(F)c1C(=O)Nc1ccc(F)c(C(N)=O)c1. The molecule has 0 heterocycles. The average molecular weight is 479 g/mol. The Balaban J connectivity index is 2.10. The molecule has 0 unspecified atom stereocenters. The van der Waals surface area contributed by atoms with E-state index in [0.717, 1.165) is 36.4 Å². The van der Waals surface area contributed by atoms with E-state index < -0.39 is 57.9 Å². The monoisotopic (exact) mass is 479 g/mol. The number of carbonyl (C=O) groups excluding carboxylic acids is 2. The zero-order valence-electron chi connectivity index (χ0n) is 16.6. The summed E-state index contributed by atoms with van der Waals surface area (Å²) in [7, 11) is 0. The fraction of sp³-hybridized carbons (Fsp3) is 0.0455. The lowest BCUT2D eigenvalue weighted by Gasteiger charge is -2.16. The number of halogens is 6. The second-order valence-electron chi connectivity index (χ2n) is 6.67. The number of nitrogens with one attached hydrogen (secondary N) is 1. The van der Waals surface area contributed by atoms with E-state index in [-0.39, 0.29) is 17.0 Å². The molecule has 3 rings (SSSR count). The number of carbonyl (C=O) groups is 2. The van der Waals surface area contributed by atoms with Gasteiger partial charge in [0.15, 0.2) is 5.82 Å². The quantitative estimate of drug-likeness (QED) is 0.495. The summed E-state index contributed by atoms with van der Waals surface area (Å²) in [4.78, 5) is 24.1. The van der Waals surface area contributed by atoms with Gasteiger partial charge in [0.2, 0.25) is 0 Å². The van der Waals surface area contributed by atoms with Gasteiger partial charge in [-0.2, -0.15) is 18.4 Å². The van der Waals surface area contributed by atoms with Crippen molar-refractivity contribution in [2.45, 2.75) is 6.18 Å². The van der Waals surface area contributed by atoms with Crippen molar-refractivity contribution in [2.24, 2.45) is 5.73 Å². The van der Waals surface area contributed by atoms with Gasteiger partial charge in [0.1, 0.15) is 34.8 Å². The Bertz CT molecular complexity index is 1350. The Labute approximate surface area is 187 Å². The maximum absolute atomic E-state index is 14.9. The number of anilines is 1. The van der Waals surface area contributed by atoms with Crippen molar-refractivity contribution in [1.29, 1.82) is 5.26 Å². The van der Waals surface area contributed by atoms with Gasteiger partial charge in [0.25, 0.3) is 11.8 Å². The lowest BCUT2D eigenvalue weighted by Crippen LogP contribution is -2.19. The van der Waals surface area contributed by atoms with Gasteiger partial charge in [-0.1, -0.05) is 0 Å². The molecule has 2 amide bonds. The molecule has 0 aromatic heterocycles. The Kier molecular flexibility index (Phi) is 6.49. The molecule has 0 bridgehead atoms. The van der Waals surface area contributed by atoms with Crippen LogP contribution in [-0.2, 0) is 6.18 Å². The van der Waals surface area contributed by atoms with Crippen LogP contribution in [0.4, 0.5) is 32.0 Å². The number of hydrogen-bond donors (Lipinski definition) is 2. The second-order valence-corrected chi connectivity index (χ2v) is 6.67. The molecule has 12 heteroatoms. The molecule has 0 aliphatic carbocycles. The van der Waals surface area contributed by atoms with E-state index >= 15 is 0 Å². The molecule has 0 aliphatic heterocycles. The third-order valence-corrected chi connectivity index (χ3v) is 4.41. The van der Waals surface area contributed by atoms with Crippen LogP contribution in [0.2, 0.25) is 0 Å². The highest BCUT2D eigenvalue weighted by molar-refractivity contribution is 6.07. The van der Waals surface area contributed by atoms with Crippen LogP contribution in [0.15, 0.2) is 48.5 Å². The minimum atomic E-state index is -5.18. The van der Waals surface area contributed by atoms with E-state index in [1.807, 2.05) is 5.32 Å². The highest BCUT2D eigenvalue weighted by Crippen LogP contribution is 2.38. The van der Waals surface area contributed by atoms with E-state index in [9.17, 15) is 35.9 Å². The maximum atomic E-state index is 14.9. The van der Waals surface area contributed by atoms with Gasteiger partial charge in [-0.05, 0) is 48.5 Å². The normalized spacial score (nSPS) is 11.0. The number of nitrogens with two attached hydrogens (primary N) is 1. The minimum Gasteiger partial charge on any atom is -0.455 e. The van der Waals surface area contributed by atoms with Crippen LogP contribution < -0.4 is 15.8 Å². The van der Waals surface area contributed by atoms with Crippen molar-refractivity contribution in [1.82, 2.24) is 0 Å². The Morgan fingerprint density at radius 1 is 0.971 bits per heavy atom. The van der Waals surface area contributed by atoms with Gasteiger partial charge in [-0.3, -0.25) is 9.59 Å². The first-order valence-electron chi connectivity index (χ1n) is 9.10. The summed E-state index contributed by atoms with van der Waals surface area (Å²) >= 11 is 0. The first-order valence-corrected chi connectivity index (χ1v) is 9.10. The van der Waals surface area contributed by atoms with Crippen LogP contribution >= 0.6 is 0 Å². The summed E-state index contributed by atoms with van der Waals surface area (Å²) in [6.07, 6.45) is -5.18. The van der Waals surface area contributed by atoms with Gasteiger partial charge in [0, 0.05) is 5.69 Å². The topological polar surface area (TPSA) is 105 Å². The van der Waals surface area contributed by atoms with Crippen LogP contribution in [-0.4, -0.2) is 11.8 Å².